The molecular formula is C14H23Cl2FN2O. The summed E-state index contributed by atoms with van der Waals surface area (Å²) in [7, 11) is 0. The van der Waals surface area contributed by atoms with E-state index in [1.165, 1.54) is 0 Å². The van der Waals surface area contributed by atoms with E-state index in [0.717, 1.165) is 42.9 Å². The van der Waals surface area contributed by atoms with E-state index in [9.17, 15) is 9.50 Å². The summed E-state index contributed by atoms with van der Waals surface area (Å²) in [5, 5.41) is 12.8. The van der Waals surface area contributed by atoms with Gasteiger partial charge in [-0.2, -0.15) is 0 Å². The monoisotopic (exact) mass is 324 g/mol. The number of nitrogens with zero attached hydrogens (tertiary/aromatic N) is 1. The van der Waals surface area contributed by atoms with E-state index in [0.29, 0.717) is 0 Å². The van der Waals surface area contributed by atoms with Crippen molar-refractivity contribution >= 4 is 24.8 Å². The Bertz CT molecular complexity index is 403. The van der Waals surface area contributed by atoms with Gasteiger partial charge in [-0.15, -0.1) is 24.8 Å². The Balaban J connectivity index is 0.00000180. The predicted molar refractivity (Wildman–Crippen MR) is 85.2 cm³/mol. The number of aryl methyl sites for hydroxylation is 2. The van der Waals surface area contributed by atoms with Crippen molar-refractivity contribution in [2.75, 3.05) is 32.9 Å². The number of nitrogens with one attached hydrogen (secondary N) is 1. The number of rotatable bonds is 3. The average Bonchev–Trinajstić information content (AvgIpc) is 2.34. The second kappa shape index (κ2) is 8.67. The van der Waals surface area contributed by atoms with Crippen molar-refractivity contribution in [1.82, 2.24) is 10.2 Å². The molecule has 20 heavy (non-hydrogen) atoms. The maximum absolute atomic E-state index is 13.5. The van der Waals surface area contributed by atoms with Crippen molar-refractivity contribution < 1.29 is 9.50 Å². The Labute approximate surface area is 132 Å². The zero-order chi connectivity index (χ0) is 13.1. The fourth-order valence-electron chi connectivity index (χ4n) is 2.83. The second-order valence-corrected chi connectivity index (χ2v) is 4.95. The first kappa shape index (κ1) is 19.4. The summed E-state index contributed by atoms with van der Waals surface area (Å²) >= 11 is 0. The number of hydrogen-bond donors (Lipinski definition) is 2. The zero-order valence-corrected chi connectivity index (χ0v) is 13.5. The van der Waals surface area contributed by atoms with Gasteiger partial charge in [-0.1, -0.05) is 0 Å². The molecule has 1 aliphatic heterocycles. The molecule has 1 aliphatic rings. The number of phenolic OH excluding ortho intramolecular Hbond substituents is 1. The highest BCUT2D eigenvalue weighted by atomic mass is 35.5. The summed E-state index contributed by atoms with van der Waals surface area (Å²) in [4.78, 5) is 2.18. The van der Waals surface area contributed by atoms with Crippen LogP contribution in [0.5, 0.6) is 5.75 Å². The lowest BCUT2D eigenvalue weighted by Gasteiger charge is -2.35. The van der Waals surface area contributed by atoms with Crippen LogP contribution in [0.4, 0.5) is 4.39 Å². The third-order valence-electron chi connectivity index (χ3n) is 3.65. The predicted octanol–water partition coefficient (Wildman–Crippen LogP) is 2.77. The first-order valence-corrected chi connectivity index (χ1v) is 6.44. The fourth-order valence-corrected chi connectivity index (χ4v) is 2.83. The van der Waals surface area contributed by atoms with Crippen molar-refractivity contribution in [1.29, 1.82) is 0 Å². The van der Waals surface area contributed by atoms with Crippen LogP contribution in [0.2, 0.25) is 0 Å². The highest BCUT2D eigenvalue weighted by Crippen LogP contribution is 2.30. The molecule has 2 N–H and O–H groups in total. The highest BCUT2D eigenvalue weighted by molar-refractivity contribution is 5.85. The lowest BCUT2D eigenvalue weighted by Crippen LogP contribution is -2.46. The largest absolute Gasteiger partial charge is 0.508 e. The van der Waals surface area contributed by atoms with Gasteiger partial charge in [0.15, 0.2) is 0 Å². The van der Waals surface area contributed by atoms with Gasteiger partial charge in [-0.25, -0.2) is 4.39 Å². The molecule has 0 amide bonds. The molecule has 0 aliphatic carbocycles. The van der Waals surface area contributed by atoms with Crippen LogP contribution in [-0.4, -0.2) is 42.9 Å². The third kappa shape index (κ3) is 4.22. The molecule has 1 aromatic rings. The Morgan fingerprint density at radius 1 is 1.20 bits per heavy atom. The second-order valence-electron chi connectivity index (χ2n) is 4.95. The molecule has 6 heteroatoms. The number of alkyl halides is 1. The molecule has 1 aromatic carbocycles. The molecule has 0 radical (unpaired) electrons. The molecule has 1 saturated heterocycles. The van der Waals surface area contributed by atoms with Crippen LogP contribution in [-0.2, 0) is 0 Å². The van der Waals surface area contributed by atoms with Gasteiger partial charge in [-0.3, -0.25) is 4.90 Å². The first-order chi connectivity index (χ1) is 8.63. The van der Waals surface area contributed by atoms with Gasteiger partial charge < -0.3 is 10.4 Å². The molecule has 0 bridgehead atoms. The van der Waals surface area contributed by atoms with Crippen LogP contribution >= 0.6 is 24.8 Å². The van der Waals surface area contributed by atoms with Gasteiger partial charge in [0.2, 0.25) is 0 Å². The Morgan fingerprint density at radius 3 is 2.15 bits per heavy atom. The first-order valence-electron chi connectivity index (χ1n) is 6.44. The summed E-state index contributed by atoms with van der Waals surface area (Å²) in [5.41, 5.74) is 2.96. The van der Waals surface area contributed by atoms with Crippen LogP contribution in [0.1, 0.15) is 22.7 Å². The van der Waals surface area contributed by atoms with Gasteiger partial charge in [-0.05, 0) is 42.7 Å². The molecule has 1 atom stereocenters. The molecule has 1 heterocycles. The molecule has 0 spiro atoms. The van der Waals surface area contributed by atoms with Crippen molar-refractivity contribution in [3.63, 3.8) is 0 Å². The number of piperazine rings is 1. The fraction of sp³-hybridized carbons (Fsp3) is 0.571. The van der Waals surface area contributed by atoms with Crippen molar-refractivity contribution in [2.45, 2.75) is 19.9 Å². The van der Waals surface area contributed by atoms with E-state index in [1.54, 1.807) is 12.1 Å². The molecule has 2 rings (SSSR count). The van der Waals surface area contributed by atoms with E-state index in [1.807, 2.05) is 13.8 Å². The number of hydrogen-bond acceptors (Lipinski definition) is 3. The van der Waals surface area contributed by atoms with Crippen molar-refractivity contribution in [3.05, 3.63) is 28.8 Å². The average molecular weight is 325 g/mol. The SMILES string of the molecule is Cc1cc(O)cc(C)c1[C@H](CF)N1CCNCC1.Cl.Cl. The zero-order valence-electron chi connectivity index (χ0n) is 11.9. The molecule has 1 fully saturated rings. The van der Waals surface area contributed by atoms with Crippen LogP contribution in [0.25, 0.3) is 0 Å². The normalized spacial score (nSPS) is 16.9. The van der Waals surface area contributed by atoms with E-state index in [4.69, 9.17) is 0 Å². The molecule has 0 unspecified atom stereocenters. The Kier molecular flexibility index (Phi) is 8.44. The van der Waals surface area contributed by atoms with Crippen LogP contribution in [0.15, 0.2) is 12.1 Å². The molecular weight excluding hydrogens is 302 g/mol. The van der Waals surface area contributed by atoms with E-state index in [-0.39, 0.29) is 43.3 Å². The summed E-state index contributed by atoms with van der Waals surface area (Å²) < 4.78 is 13.5. The number of aromatic hydroxyl groups is 1. The number of halogens is 3. The van der Waals surface area contributed by atoms with Gasteiger partial charge in [0, 0.05) is 26.2 Å². The van der Waals surface area contributed by atoms with E-state index in [2.05, 4.69) is 10.2 Å². The van der Waals surface area contributed by atoms with Crippen LogP contribution in [0, 0.1) is 13.8 Å². The van der Waals surface area contributed by atoms with Gasteiger partial charge in [0.1, 0.15) is 12.4 Å². The van der Waals surface area contributed by atoms with Crippen molar-refractivity contribution in [2.24, 2.45) is 0 Å². The van der Waals surface area contributed by atoms with E-state index < -0.39 is 0 Å². The molecule has 0 aromatic heterocycles. The third-order valence-corrected chi connectivity index (χ3v) is 3.65. The smallest absolute Gasteiger partial charge is 0.116 e. The minimum absolute atomic E-state index is 0. The highest BCUT2D eigenvalue weighted by Gasteiger charge is 2.25. The van der Waals surface area contributed by atoms with Gasteiger partial charge in [0.25, 0.3) is 0 Å². The van der Waals surface area contributed by atoms with Crippen LogP contribution in [0.3, 0.4) is 0 Å². The summed E-state index contributed by atoms with van der Waals surface area (Å²) in [6, 6.07) is 3.24. The van der Waals surface area contributed by atoms with Crippen LogP contribution < -0.4 is 5.32 Å². The Morgan fingerprint density at radius 2 is 1.70 bits per heavy atom. The Hall–Kier alpha value is -0.550. The topological polar surface area (TPSA) is 35.5 Å². The summed E-state index contributed by atoms with van der Waals surface area (Å²) in [6.45, 7) is 7.05. The number of benzene rings is 1. The summed E-state index contributed by atoms with van der Waals surface area (Å²) in [5.74, 6) is 0.256. The standard InChI is InChI=1S/C14H21FN2O.2ClH/c1-10-7-12(18)8-11(2)14(10)13(9-15)17-5-3-16-4-6-17;;/h7-8,13,16,18H,3-6,9H2,1-2H3;2*1H/t13-;;/m0../s1. The number of phenols is 1. The maximum atomic E-state index is 13.5. The molecule has 0 saturated carbocycles. The molecule has 116 valence electrons. The van der Waals surface area contributed by atoms with E-state index >= 15 is 0 Å². The van der Waals surface area contributed by atoms with Crippen molar-refractivity contribution in [3.8, 4) is 5.75 Å². The van der Waals surface area contributed by atoms with Gasteiger partial charge in [0.05, 0.1) is 6.04 Å². The minimum atomic E-state index is -0.382. The lowest BCUT2D eigenvalue weighted by molar-refractivity contribution is 0.146. The van der Waals surface area contributed by atoms with Gasteiger partial charge >= 0.3 is 0 Å². The minimum Gasteiger partial charge on any atom is -0.508 e. The maximum Gasteiger partial charge on any atom is 0.116 e. The quantitative estimate of drug-likeness (QED) is 0.897. The lowest BCUT2D eigenvalue weighted by atomic mass is 9.95. The summed E-state index contributed by atoms with van der Waals surface area (Å²) in [6.07, 6.45) is 0. The molecule has 3 nitrogen and oxygen atoms in total.